The van der Waals surface area contributed by atoms with Gasteiger partial charge in [0.25, 0.3) is 5.92 Å². The van der Waals surface area contributed by atoms with Crippen molar-refractivity contribution < 1.29 is 27.1 Å². The van der Waals surface area contributed by atoms with Gasteiger partial charge in [0.05, 0.1) is 18.6 Å². The van der Waals surface area contributed by atoms with Gasteiger partial charge in [-0.25, -0.2) is 17.6 Å². The Bertz CT molecular complexity index is 1170. The van der Waals surface area contributed by atoms with Gasteiger partial charge in [0.15, 0.2) is 0 Å². The molecule has 1 aliphatic heterocycles. The van der Waals surface area contributed by atoms with E-state index in [4.69, 9.17) is 4.74 Å². The SMILES string of the molecule is CC(C)N1CC[C@@H](O[C@H]2CCCC(F)(F)[C@@H]2NC(=O)Cc2cccc(-c3cccc(F)c3)c2C2CC2)[C@H](F)C1. The molecule has 2 aliphatic carbocycles. The molecule has 39 heavy (non-hydrogen) atoms. The number of nitrogens with zero attached hydrogens (tertiary/aromatic N) is 1. The van der Waals surface area contributed by atoms with Crippen molar-refractivity contribution >= 4 is 5.91 Å². The number of nitrogens with one attached hydrogen (secondary N) is 1. The number of hydrogen-bond donors (Lipinski definition) is 1. The van der Waals surface area contributed by atoms with Gasteiger partial charge in [0.1, 0.15) is 18.0 Å². The molecule has 0 spiro atoms. The van der Waals surface area contributed by atoms with Crippen molar-refractivity contribution in [2.75, 3.05) is 13.1 Å². The third kappa shape index (κ3) is 6.49. The maximum Gasteiger partial charge on any atom is 0.270 e. The summed E-state index contributed by atoms with van der Waals surface area (Å²) in [5.74, 6) is -3.74. The summed E-state index contributed by atoms with van der Waals surface area (Å²) in [6, 6.07) is 10.6. The van der Waals surface area contributed by atoms with Gasteiger partial charge in [-0.1, -0.05) is 30.3 Å². The normalized spacial score (nSPS) is 27.5. The molecule has 4 atom stereocenters. The van der Waals surface area contributed by atoms with Crippen LogP contribution in [0.15, 0.2) is 42.5 Å². The second-order valence-electron chi connectivity index (χ2n) is 11.6. The monoisotopic (exact) mass is 546 g/mol. The fraction of sp³-hybridized carbons (Fsp3) is 0.581. The van der Waals surface area contributed by atoms with Gasteiger partial charge in [0, 0.05) is 25.6 Å². The van der Waals surface area contributed by atoms with Crippen LogP contribution in [0.4, 0.5) is 17.6 Å². The van der Waals surface area contributed by atoms with E-state index in [1.165, 1.54) is 12.1 Å². The molecule has 0 unspecified atom stereocenters. The number of amides is 1. The number of hydrogen-bond acceptors (Lipinski definition) is 3. The van der Waals surface area contributed by atoms with Gasteiger partial charge in [-0.05, 0) is 86.3 Å². The van der Waals surface area contributed by atoms with E-state index in [9.17, 15) is 13.6 Å². The minimum absolute atomic E-state index is 0.0627. The van der Waals surface area contributed by atoms with Crippen LogP contribution in [0.1, 0.15) is 69.4 Å². The molecule has 0 aromatic heterocycles. The minimum atomic E-state index is -3.15. The van der Waals surface area contributed by atoms with E-state index in [1.807, 2.05) is 43.0 Å². The van der Waals surface area contributed by atoms with Gasteiger partial charge in [-0.2, -0.15) is 0 Å². The van der Waals surface area contributed by atoms with Crippen molar-refractivity contribution in [3.05, 3.63) is 59.4 Å². The Labute approximate surface area is 228 Å². The first-order valence-electron chi connectivity index (χ1n) is 14.2. The Hall–Kier alpha value is -2.45. The zero-order valence-electron chi connectivity index (χ0n) is 22.6. The summed E-state index contributed by atoms with van der Waals surface area (Å²) in [6.07, 6.45) is -0.407. The van der Waals surface area contributed by atoms with Crippen LogP contribution >= 0.6 is 0 Å². The van der Waals surface area contributed by atoms with E-state index in [0.29, 0.717) is 19.4 Å². The number of rotatable bonds is 8. The molecule has 4 nitrogen and oxygen atoms in total. The summed E-state index contributed by atoms with van der Waals surface area (Å²) in [5.41, 5.74) is 3.35. The van der Waals surface area contributed by atoms with Crippen LogP contribution in [-0.2, 0) is 16.0 Å². The summed E-state index contributed by atoms with van der Waals surface area (Å²) in [5, 5.41) is 2.59. The molecule has 1 N–H and O–H groups in total. The van der Waals surface area contributed by atoms with Crippen molar-refractivity contribution in [1.29, 1.82) is 0 Å². The van der Waals surface area contributed by atoms with Crippen LogP contribution in [0.25, 0.3) is 11.1 Å². The van der Waals surface area contributed by atoms with Crippen molar-refractivity contribution in [2.45, 2.75) is 101 Å². The molecule has 1 heterocycles. The van der Waals surface area contributed by atoms with Crippen molar-refractivity contribution in [1.82, 2.24) is 10.2 Å². The quantitative estimate of drug-likeness (QED) is 0.389. The highest BCUT2D eigenvalue weighted by atomic mass is 19.3. The van der Waals surface area contributed by atoms with Crippen LogP contribution < -0.4 is 5.32 Å². The zero-order chi connectivity index (χ0) is 27.7. The number of halogens is 4. The third-order valence-corrected chi connectivity index (χ3v) is 8.40. The van der Waals surface area contributed by atoms with E-state index in [2.05, 4.69) is 5.32 Å². The highest BCUT2D eigenvalue weighted by molar-refractivity contribution is 5.81. The van der Waals surface area contributed by atoms with Crippen LogP contribution in [0.5, 0.6) is 0 Å². The first-order chi connectivity index (χ1) is 18.6. The molecule has 3 aliphatic rings. The number of carbonyl (C=O) groups is 1. The lowest BCUT2D eigenvalue weighted by Gasteiger charge is -2.42. The molecule has 1 amide bonds. The molecule has 8 heteroatoms. The van der Waals surface area contributed by atoms with Crippen LogP contribution in [-0.4, -0.2) is 60.3 Å². The Kier molecular flexibility index (Phi) is 8.34. The maximum atomic E-state index is 15.1. The lowest BCUT2D eigenvalue weighted by molar-refractivity contribution is -0.166. The predicted octanol–water partition coefficient (Wildman–Crippen LogP) is 6.42. The lowest BCUT2D eigenvalue weighted by Crippen LogP contribution is -2.59. The van der Waals surface area contributed by atoms with E-state index in [-0.39, 0.29) is 43.6 Å². The van der Waals surface area contributed by atoms with Crippen LogP contribution in [0, 0.1) is 5.82 Å². The number of alkyl halides is 3. The number of ether oxygens (including phenoxy) is 1. The standard InChI is InChI=1S/C31H38F4N2O2/c1-19(2)37-15-13-26(25(33)18-37)39-27-10-5-14-31(34,35)30(27)36-28(38)17-22-7-4-9-24(29(22)20-11-12-20)21-6-3-8-23(32)16-21/h3-4,6-9,16,19-20,25-27,30H,5,10-15,17-18H2,1-2H3,(H,36,38)/t25-,26-,27+,30-/m1/s1. The minimum Gasteiger partial charge on any atom is -0.369 e. The van der Waals surface area contributed by atoms with Crippen LogP contribution in [0.2, 0.25) is 0 Å². The number of carbonyl (C=O) groups excluding carboxylic acids is 1. The average Bonchev–Trinajstić information content (AvgIpc) is 3.72. The first kappa shape index (κ1) is 28.1. The molecule has 0 bridgehead atoms. The molecule has 3 fully saturated rings. The predicted molar refractivity (Wildman–Crippen MR) is 143 cm³/mol. The summed E-state index contributed by atoms with van der Waals surface area (Å²) in [7, 11) is 0. The second kappa shape index (κ2) is 11.6. The first-order valence-corrected chi connectivity index (χ1v) is 14.2. The maximum absolute atomic E-state index is 15.1. The Morgan fingerprint density at radius 1 is 1.10 bits per heavy atom. The fourth-order valence-corrected chi connectivity index (χ4v) is 6.16. The molecule has 1 saturated heterocycles. The topological polar surface area (TPSA) is 41.6 Å². The number of benzene rings is 2. The van der Waals surface area contributed by atoms with Crippen LogP contribution in [0.3, 0.4) is 0 Å². The molecular weight excluding hydrogens is 508 g/mol. The molecule has 5 rings (SSSR count). The smallest absolute Gasteiger partial charge is 0.270 e. The van der Waals surface area contributed by atoms with Gasteiger partial charge in [-0.3, -0.25) is 9.69 Å². The lowest BCUT2D eigenvalue weighted by atomic mass is 9.87. The molecular formula is C31H38F4N2O2. The van der Waals surface area contributed by atoms with Gasteiger partial charge < -0.3 is 10.1 Å². The van der Waals surface area contributed by atoms with E-state index >= 15 is 8.78 Å². The fourth-order valence-electron chi connectivity index (χ4n) is 6.16. The molecule has 2 aromatic rings. The summed E-state index contributed by atoms with van der Waals surface area (Å²) in [4.78, 5) is 15.3. The largest absolute Gasteiger partial charge is 0.369 e. The van der Waals surface area contributed by atoms with E-state index < -0.39 is 36.3 Å². The molecule has 212 valence electrons. The van der Waals surface area contributed by atoms with Gasteiger partial charge in [-0.15, -0.1) is 0 Å². The van der Waals surface area contributed by atoms with Gasteiger partial charge in [0.2, 0.25) is 5.91 Å². The number of likely N-dealkylation sites (tertiary alicyclic amines) is 1. The highest BCUT2D eigenvalue weighted by Crippen LogP contribution is 2.46. The summed E-state index contributed by atoms with van der Waals surface area (Å²) in [6.45, 7) is 4.87. The molecule has 2 saturated carbocycles. The molecule has 0 radical (unpaired) electrons. The highest BCUT2D eigenvalue weighted by Gasteiger charge is 2.50. The Balaban J connectivity index is 1.31. The average molecular weight is 547 g/mol. The van der Waals surface area contributed by atoms with Crippen molar-refractivity contribution in [2.24, 2.45) is 0 Å². The van der Waals surface area contributed by atoms with E-state index in [1.54, 1.807) is 6.07 Å². The third-order valence-electron chi connectivity index (χ3n) is 8.40. The summed E-state index contributed by atoms with van der Waals surface area (Å²) >= 11 is 0. The van der Waals surface area contributed by atoms with Crippen molar-refractivity contribution in [3.8, 4) is 11.1 Å². The zero-order valence-corrected chi connectivity index (χ0v) is 22.6. The second-order valence-corrected chi connectivity index (χ2v) is 11.6. The summed E-state index contributed by atoms with van der Waals surface area (Å²) < 4.78 is 65.2. The number of piperidine rings is 1. The van der Waals surface area contributed by atoms with Crippen molar-refractivity contribution in [3.63, 3.8) is 0 Å². The Morgan fingerprint density at radius 2 is 1.87 bits per heavy atom. The van der Waals surface area contributed by atoms with Gasteiger partial charge >= 0.3 is 0 Å². The Morgan fingerprint density at radius 3 is 2.56 bits per heavy atom. The molecule has 2 aromatic carbocycles. The van der Waals surface area contributed by atoms with E-state index in [0.717, 1.165) is 35.1 Å².